The summed E-state index contributed by atoms with van der Waals surface area (Å²) in [4.78, 5) is 2.23. The van der Waals surface area contributed by atoms with Gasteiger partial charge in [0.15, 0.2) is 28.7 Å². The van der Waals surface area contributed by atoms with E-state index in [0.29, 0.717) is 49.1 Å². The molecule has 0 unspecified atom stereocenters. The van der Waals surface area contributed by atoms with Gasteiger partial charge < -0.3 is 23.8 Å². The van der Waals surface area contributed by atoms with Crippen LogP contribution >= 0.6 is 15.9 Å². The maximum atomic E-state index is 12.7. The van der Waals surface area contributed by atoms with Crippen molar-refractivity contribution in [1.82, 2.24) is 5.48 Å². The fraction of sp³-hybridized carbons (Fsp3) is 0.543. The maximum absolute atomic E-state index is 12.7. The second-order valence-electron chi connectivity index (χ2n) is 15.8. The molecule has 0 radical (unpaired) electrons. The quantitative estimate of drug-likeness (QED) is 0.0658. The number of fused-ring (bicyclic) bond motifs is 2. The number of nitrogens with zero attached hydrogens (tertiary/aromatic N) is 2. The van der Waals surface area contributed by atoms with Gasteiger partial charge in [0.2, 0.25) is 5.69 Å². The molecule has 2 aromatic carbocycles. The number of allylic oxidation sites excluding steroid dienone is 8. The van der Waals surface area contributed by atoms with Gasteiger partial charge in [0.05, 0.1) is 51.4 Å². The standard InChI is InChI=1S/C46H64BrN3O10S2/c1-10-45(11-2)34-28-38(56-6)40(58-8)30-36(34)49(24-16-26-61(51,52)53)42(45)22-20-32-18-15-19-33(44(32)47)21-23-43-46(12-3,13-4)35-29-39(57-7)41(59-9)31-37(35)50(43)25-17-27-62(54,55)60-48-14-5/h20-23,28-31,48H,10-19,24-27H2,1-9H3/p+1. The van der Waals surface area contributed by atoms with Crippen LogP contribution in [0, 0.1) is 0 Å². The molecule has 16 heteroatoms. The maximum Gasteiger partial charge on any atom is 0.283 e. The average molecular weight is 964 g/mol. The van der Waals surface area contributed by atoms with Crippen LogP contribution in [-0.4, -0.2) is 91.3 Å². The molecule has 0 saturated heterocycles. The van der Waals surface area contributed by atoms with Crippen LogP contribution in [0.3, 0.4) is 0 Å². The summed E-state index contributed by atoms with van der Waals surface area (Å²) < 4.78 is 89.8. The Morgan fingerprint density at radius 3 is 1.95 bits per heavy atom. The molecule has 0 fully saturated rings. The zero-order chi connectivity index (χ0) is 45.5. The minimum Gasteiger partial charge on any atom is -0.493 e. The number of hydrogen-bond acceptors (Lipinski definition) is 11. The summed E-state index contributed by atoms with van der Waals surface area (Å²) in [6.45, 7) is 11.7. The van der Waals surface area contributed by atoms with E-state index < -0.39 is 20.2 Å². The Labute approximate surface area is 377 Å². The molecule has 13 nitrogen and oxygen atoms in total. The van der Waals surface area contributed by atoms with Crippen molar-refractivity contribution in [3.05, 3.63) is 81.0 Å². The molecule has 2 N–H and O–H groups in total. The number of hydrogen-bond donors (Lipinski definition) is 2. The molecule has 0 saturated carbocycles. The molecule has 0 spiro atoms. The second kappa shape index (κ2) is 20.9. The van der Waals surface area contributed by atoms with E-state index in [1.165, 1.54) is 0 Å². The molecule has 0 bridgehead atoms. The van der Waals surface area contributed by atoms with Crippen LogP contribution in [0.25, 0.3) is 0 Å². The largest absolute Gasteiger partial charge is 0.493 e. The molecular formula is C46H65BrN3O10S2+. The number of halogens is 1. The second-order valence-corrected chi connectivity index (χ2v) is 19.9. The summed E-state index contributed by atoms with van der Waals surface area (Å²) in [5.41, 5.74) is 10.2. The molecule has 3 aliphatic rings. The number of nitrogens with one attached hydrogen (secondary N) is 1. The first-order chi connectivity index (χ1) is 29.6. The molecule has 62 heavy (non-hydrogen) atoms. The molecule has 2 heterocycles. The Bertz CT molecular complexity index is 2340. The van der Waals surface area contributed by atoms with E-state index in [1.54, 1.807) is 35.4 Å². The van der Waals surface area contributed by atoms with Crippen LogP contribution in [0.5, 0.6) is 23.0 Å². The zero-order valence-electron chi connectivity index (χ0n) is 37.7. The number of hydroxylamine groups is 1. The Kier molecular flexibility index (Phi) is 16.6. The van der Waals surface area contributed by atoms with Gasteiger partial charge in [0.25, 0.3) is 20.2 Å². The van der Waals surface area contributed by atoms with E-state index in [-0.39, 0.29) is 28.8 Å². The van der Waals surface area contributed by atoms with E-state index in [2.05, 4.69) is 89.0 Å². The van der Waals surface area contributed by atoms with E-state index in [0.717, 1.165) is 94.5 Å². The lowest BCUT2D eigenvalue weighted by atomic mass is 9.73. The summed E-state index contributed by atoms with van der Waals surface area (Å²) in [6.07, 6.45) is 15.2. The lowest BCUT2D eigenvalue weighted by molar-refractivity contribution is -0.437. The Morgan fingerprint density at radius 1 is 0.774 bits per heavy atom. The molecule has 5 rings (SSSR count). The van der Waals surface area contributed by atoms with Crippen molar-refractivity contribution >= 4 is 53.3 Å². The van der Waals surface area contributed by atoms with Gasteiger partial charge in [-0.05, 0) is 86.3 Å². The van der Waals surface area contributed by atoms with Crippen LogP contribution < -0.4 is 29.3 Å². The zero-order valence-corrected chi connectivity index (χ0v) is 40.9. The molecule has 2 aliphatic heterocycles. The van der Waals surface area contributed by atoms with Gasteiger partial charge in [0, 0.05) is 58.5 Å². The first-order valence-corrected chi connectivity index (χ1v) is 25.6. The van der Waals surface area contributed by atoms with Crippen LogP contribution in [0.1, 0.15) is 104 Å². The first kappa shape index (κ1) is 49.3. The number of rotatable bonds is 22. The number of methoxy groups -OCH3 is 4. The average Bonchev–Trinajstić information content (AvgIpc) is 3.67. The van der Waals surface area contributed by atoms with Gasteiger partial charge in [0.1, 0.15) is 6.54 Å². The lowest BCUT2D eigenvalue weighted by Crippen LogP contribution is -2.33. The van der Waals surface area contributed by atoms with E-state index in [1.807, 2.05) is 18.2 Å². The van der Waals surface area contributed by atoms with Crippen molar-refractivity contribution in [2.24, 2.45) is 0 Å². The fourth-order valence-electron chi connectivity index (χ4n) is 9.53. The third kappa shape index (κ3) is 10.00. The van der Waals surface area contributed by atoms with Crippen molar-refractivity contribution in [1.29, 1.82) is 0 Å². The van der Waals surface area contributed by atoms with Gasteiger partial charge in [-0.25, -0.2) is 0 Å². The molecule has 0 aromatic heterocycles. The molecule has 0 atom stereocenters. The first-order valence-electron chi connectivity index (χ1n) is 21.6. The monoisotopic (exact) mass is 962 g/mol. The highest BCUT2D eigenvalue weighted by Crippen LogP contribution is 2.55. The molecular weight excluding hydrogens is 899 g/mol. The van der Waals surface area contributed by atoms with Crippen LogP contribution in [0.15, 0.2) is 69.9 Å². The Balaban J connectivity index is 1.61. The highest BCUT2D eigenvalue weighted by molar-refractivity contribution is 9.12. The molecule has 2 aromatic rings. The van der Waals surface area contributed by atoms with Gasteiger partial charge in [-0.1, -0.05) is 62.7 Å². The van der Waals surface area contributed by atoms with Gasteiger partial charge in [-0.15, -0.1) is 0 Å². The predicted octanol–water partition coefficient (Wildman–Crippen LogP) is 9.19. The van der Waals surface area contributed by atoms with Crippen molar-refractivity contribution in [2.75, 3.05) is 64.5 Å². The summed E-state index contributed by atoms with van der Waals surface area (Å²) in [5, 5.41) is 0. The van der Waals surface area contributed by atoms with E-state index >= 15 is 0 Å². The fourth-order valence-corrected chi connectivity index (χ4v) is 11.5. The molecule has 1 aliphatic carbocycles. The normalized spacial score (nSPS) is 18.6. The van der Waals surface area contributed by atoms with Crippen LogP contribution in [-0.2, 0) is 35.4 Å². The van der Waals surface area contributed by atoms with Crippen molar-refractivity contribution in [3.63, 3.8) is 0 Å². The molecule has 342 valence electrons. The number of ether oxygens (including phenoxy) is 4. The summed E-state index contributed by atoms with van der Waals surface area (Å²) >= 11 is 4.02. The molecule has 0 amide bonds. The topological polar surface area (TPSA) is 153 Å². The highest BCUT2D eigenvalue weighted by atomic mass is 79.9. The van der Waals surface area contributed by atoms with E-state index in [4.69, 9.17) is 23.2 Å². The highest BCUT2D eigenvalue weighted by Gasteiger charge is 2.50. The lowest BCUT2D eigenvalue weighted by Gasteiger charge is -2.32. The SMILES string of the molecule is CCNOS(=O)(=O)CCCN1C(=CC=C2CCCC(C=CC3=[N+](CCCS(=O)(=O)O)c4cc(OC)c(OC)cc4C3(CC)CC)=C2Br)C(CC)(CC)c2cc(OC)c(OC)cc21. The smallest absolute Gasteiger partial charge is 0.283 e. The Morgan fingerprint density at radius 2 is 1.37 bits per heavy atom. The van der Waals surface area contributed by atoms with E-state index in [9.17, 15) is 21.4 Å². The number of benzene rings is 2. The third-order valence-electron chi connectivity index (χ3n) is 12.8. The summed E-state index contributed by atoms with van der Waals surface area (Å²) in [7, 11) is -1.45. The van der Waals surface area contributed by atoms with Gasteiger partial charge >= 0.3 is 0 Å². The predicted molar refractivity (Wildman–Crippen MR) is 250 cm³/mol. The number of anilines is 1. The van der Waals surface area contributed by atoms with Crippen molar-refractivity contribution < 1.29 is 49.2 Å². The summed E-state index contributed by atoms with van der Waals surface area (Å²) in [6, 6.07) is 8.07. The third-order valence-corrected chi connectivity index (χ3v) is 15.8. The van der Waals surface area contributed by atoms with Gasteiger partial charge in [-0.2, -0.15) is 31.2 Å². The van der Waals surface area contributed by atoms with Crippen LogP contribution in [0.4, 0.5) is 11.4 Å². The Hall–Kier alpha value is -3.67. The van der Waals surface area contributed by atoms with Crippen molar-refractivity contribution in [3.8, 4) is 23.0 Å². The van der Waals surface area contributed by atoms with Gasteiger partial charge in [-0.3, -0.25) is 4.55 Å². The minimum absolute atomic E-state index is 0.150. The summed E-state index contributed by atoms with van der Waals surface area (Å²) in [5.74, 6) is 1.95. The van der Waals surface area contributed by atoms with Crippen molar-refractivity contribution in [2.45, 2.75) is 103 Å². The van der Waals surface area contributed by atoms with Crippen LogP contribution in [0.2, 0.25) is 0 Å². The minimum atomic E-state index is -4.15.